The molecule has 0 spiro atoms. The largest absolute Gasteiger partial charge is 0.507 e. The Balaban J connectivity index is 3.25. The Morgan fingerprint density at radius 2 is 1.75 bits per heavy atom. The number of ketones is 1. The number of carbonyl (C=O) groups excluding carboxylic acids is 1. The van der Waals surface area contributed by atoms with Gasteiger partial charge in [-0.1, -0.05) is 27.7 Å². The normalized spacial score (nSPS) is 12.7. The zero-order valence-electron chi connectivity index (χ0n) is 12.6. The highest BCUT2D eigenvalue weighted by Crippen LogP contribution is 2.39. The minimum Gasteiger partial charge on any atom is -0.507 e. The van der Waals surface area contributed by atoms with E-state index in [-0.39, 0.29) is 34.5 Å². The Bertz CT molecular complexity index is 492. The van der Waals surface area contributed by atoms with E-state index in [0.717, 1.165) is 12.5 Å². The van der Waals surface area contributed by atoms with E-state index in [1.54, 1.807) is 6.92 Å². The lowest BCUT2D eigenvalue weighted by molar-refractivity contribution is 0.0921. The van der Waals surface area contributed by atoms with E-state index in [1.165, 1.54) is 0 Å². The summed E-state index contributed by atoms with van der Waals surface area (Å²) in [6, 6.07) is 1.14. The van der Waals surface area contributed by atoms with Gasteiger partial charge in [-0.15, -0.1) is 0 Å². The molecule has 3 N–H and O–H groups in total. The zero-order chi connectivity index (χ0) is 15.4. The van der Waals surface area contributed by atoms with E-state index in [0.29, 0.717) is 24.3 Å². The molecule has 1 atom stereocenters. The number of phenols is 3. The van der Waals surface area contributed by atoms with Crippen molar-refractivity contribution in [3.8, 4) is 17.2 Å². The molecule has 0 aliphatic heterocycles. The number of hydrogen-bond donors (Lipinski definition) is 3. The van der Waals surface area contributed by atoms with E-state index >= 15 is 0 Å². The number of phenolic OH excluding ortho intramolecular Hbond substituents is 3. The molecule has 1 unspecified atom stereocenters. The van der Waals surface area contributed by atoms with Crippen LogP contribution in [0.3, 0.4) is 0 Å². The monoisotopic (exact) mass is 280 g/mol. The standard InChI is InChI=1S/C16H24O4/c1-5-10(4)15(19)14-13(18)8-12(17)11(16(14)20)7-6-9(2)3/h8-10,17-18,20H,5-7H2,1-4H3. The Hall–Kier alpha value is -1.71. The van der Waals surface area contributed by atoms with Gasteiger partial charge in [0, 0.05) is 17.5 Å². The molecule has 0 radical (unpaired) electrons. The van der Waals surface area contributed by atoms with Crippen molar-refractivity contribution in [2.45, 2.75) is 47.0 Å². The summed E-state index contributed by atoms with van der Waals surface area (Å²) in [6.45, 7) is 7.71. The zero-order valence-corrected chi connectivity index (χ0v) is 12.6. The second kappa shape index (κ2) is 6.64. The summed E-state index contributed by atoms with van der Waals surface area (Å²) in [4.78, 5) is 12.2. The van der Waals surface area contributed by atoms with Crippen LogP contribution >= 0.6 is 0 Å². The molecule has 0 aromatic heterocycles. The molecule has 1 aromatic rings. The van der Waals surface area contributed by atoms with Gasteiger partial charge in [0.1, 0.15) is 22.8 Å². The Kier molecular flexibility index (Phi) is 5.43. The molecule has 0 heterocycles. The van der Waals surface area contributed by atoms with E-state index in [2.05, 4.69) is 0 Å². The van der Waals surface area contributed by atoms with Gasteiger partial charge in [0.25, 0.3) is 0 Å². The van der Waals surface area contributed by atoms with Gasteiger partial charge in [-0.05, 0) is 25.2 Å². The van der Waals surface area contributed by atoms with Gasteiger partial charge < -0.3 is 15.3 Å². The minimum atomic E-state index is -0.362. The SMILES string of the molecule is CCC(C)C(=O)c1c(O)cc(O)c(CCC(C)C)c1O. The van der Waals surface area contributed by atoms with Gasteiger partial charge >= 0.3 is 0 Å². The van der Waals surface area contributed by atoms with Gasteiger partial charge in [0.15, 0.2) is 5.78 Å². The predicted molar refractivity (Wildman–Crippen MR) is 78.4 cm³/mol. The summed E-state index contributed by atoms with van der Waals surface area (Å²) in [5, 5.41) is 29.9. The smallest absolute Gasteiger partial charge is 0.173 e. The summed E-state index contributed by atoms with van der Waals surface area (Å²) < 4.78 is 0. The van der Waals surface area contributed by atoms with Crippen molar-refractivity contribution in [1.82, 2.24) is 0 Å². The summed E-state index contributed by atoms with van der Waals surface area (Å²) in [7, 11) is 0. The lowest BCUT2D eigenvalue weighted by Gasteiger charge is -2.16. The van der Waals surface area contributed by atoms with E-state index in [1.807, 2.05) is 20.8 Å². The maximum absolute atomic E-state index is 12.2. The van der Waals surface area contributed by atoms with Crippen molar-refractivity contribution in [1.29, 1.82) is 0 Å². The van der Waals surface area contributed by atoms with Crippen molar-refractivity contribution < 1.29 is 20.1 Å². The van der Waals surface area contributed by atoms with Crippen molar-refractivity contribution >= 4 is 5.78 Å². The average molecular weight is 280 g/mol. The Labute approximate surface area is 120 Å². The fourth-order valence-corrected chi connectivity index (χ4v) is 2.04. The third-order valence-electron chi connectivity index (χ3n) is 3.64. The topological polar surface area (TPSA) is 77.8 Å². The van der Waals surface area contributed by atoms with Crippen LogP contribution in [0.25, 0.3) is 0 Å². The molecular weight excluding hydrogens is 256 g/mol. The second-order valence-corrected chi connectivity index (χ2v) is 5.72. The molecule has 0 fully saturated rings. The maximum Gasteiger partial charge on any atom is 0.173 e. The van der Waals surface area contributed by atoms with Crippen molar-refractivity contribution in [2.24, 2.45) is 11.8 Å². The quantitative estimate of drug-likeness (QED) is 0.695. The van der Waals surface area contributed by atoms with Crippen LogP contribution < -0.4 is 0 Å². The average Bonchev–Trinajstić information content (AvgIpc) is 2.36. The molecular formula is C16H24O4. The molecule has 0 bridgehead atoms. The highest BCUT2D eigenvalue weighted by atomic mass is 16.3. The van der Waals surface area contributed by atoms with E-state index in [9.17, 15) is 20.1 Å². The highest BCUT2D eigenvalue weighted by Gasteiger charge is 2.25. The Morgan fingerprint density at radius 1 is 1.15 bits per heavy atom. The number of rotatable bonds is 6. The van der Waals surface area contributed by atoms with Crippen LogP contribution in [-0.2, 0) is 6.42 Å². The molecule has 4 heteroatoms. The number of Topliss-reactive ketones (excluding diaryl/α,β-unsaturated/α-hetero) is 1. The third kappa shape index (κ3) is 3.44. The molecule has 0 saturated heterocycles. The first-order valence-electron chi connectivity index (χ1n) is 7.10. The summed E-state index contributed by atoms with van der Waals surface area (Å²) in [5.74, 6) is -0.979. The molecule has 20 heavy (non-hydrogen) atoms. The maximum atomic E-state index is 12.2. The van der Waals surface area contributed by atoms with Crippen LogP contribution in [0.1, 0.15) is 56.5 Å². The van der Waals surface area contributed by atoms with E-state index < -0.39 is 0 Å². The summed E-state index contributed by atoms with van der Waals surface area (Å²) >= 11 is 0. The van der Waals surface area contributed by atoms with Gasteiger partial charge in [-0.3, -0.25) is 4.79 Å². The number of aromatic hydroxyl groups is 3. The Morgan fingerprint density at radius 3 is 2.25 bits per heavy atom. The van der Waals surface area contributed by atoms with Gasteiger partial charge in [0.05, 0.1) is 0 Å². The summed E-state index contributed by atoms with van der Waals surface area (Å²) in [5.41, 5.74) is 0.263. The number of carbonyl (C=O) groups is 1. The minimum absolute atomic E-state index is 0.0732. The highest BCUT2D eigenvalue weighted by molar-refractivity contribution is 6.03. The first kappa shape index (κ1) is 16.3. The lowest BCUT2D eigenvalue weighted by atomic mass is 9.92. The second-order valence-electron chi connectivity index (χ2n) is 5.72. The van der Waals surface area contributed by atoms with Gasteiger partial charge in [-0.2, -0.15) is 0 Å². The molecule has 4 nitrogen and oxygen atoms in total. The first-order valence-corrected chi connectivity index (χ1v) is 7.10. The van der Waals surface area contributed by atoms with Crippen LogP contribution in [0.5, 0.6) is 17.2 Å². The van der Waals surface area contributed by atoms with Crippen LogP contribution in [-0.4, -0.2) is 21.1 Å². The van der Waals surface area contributed by atoms with Crippen LogP contribution in [0, 0.1) is 11.8 Å². The van der Waals surface area contributed by atoms with Crippen molar-refractivity contribution in [2.75, 3.05) is 0 Å². The van der Waals surface area contributed by atoms with Crippen LogP contribution in [0.15, 0.2) is 6.07 Å². The van der Waals surface area contributed by atoms with Crippen LogP contribution in [0.2, 0.25) is 0 Å². The van der Waals surface area contributed by atoms with Gasteiger partial charge in [0.2, 0.25) is 0 Å². The van der Waals surface area contributed by atoms with Crippen molar-refractivity contribution in [3.05, 3.63) is 17.2 Å². The van der Waals surface area contributed by atoms with Gasteiger partial charge in [-0.25, -0.2) is 0 Å². The third-order valence-corrected chi connectivity index (χ3v) is 3.64. The first-order chi connectivity index (χ1) is 9.29. The fraction of sp³-hybridized carbons (Fsp3) is 0.562. The molecule has 0 aliphatic rings. The summed E-state index contributed by atoms with van der Waals surface area (Å²) in [6.07, 6.45) is 1.87. The molecule has 0 amide bonds. The molecule has 0 saturated carbocycles. The molecule has 112 valence electrons. The molecule has 1 aromatic carbocycles. The predicted octanol–water partition coefficient (Wildman–Crippen LogP) is 3.62. The van der Waals surface area contributed by atoms with Crippen molar-refractivity contribution in [3.63, 3.8) is 0 Å². The number of hydrogen-bond acceptors (Lipinski definition) is 4. The fourth-order valence-electron chi connectivity index (χ4n) is 2.04. The molecule has 0 aliphatic carbocycles. The number of benzene rings is 1. The molecule has 1 rings (SSSR count). The van der Waals surface area contributed by atoms with Crippen LogP contribution in [0.4, 0.5) is 0 Å². The van der Waals surface area contributed by atoms with E-state index in [4.69, 9.17) is 0 Å². The lowest BCUT2D eigenvalue weighted by Crippen LogP contribution is -2.11.